The highest BCUT2D eigenvalue weighted by Crippen LogP contribution is 2.32. The molecule has 0 aliphatic rings. The average molecular weight is 357 g/mol. The molecule has 3 nitrogen and oxygen atoms in total. The first kappa shape index (κ1) is 15.5. The standard InChI is InChI=1S/C15H19BrClN3/c1-4-20-13(14(16)10(2)19-20)9-15(3,18)11-7-5-6-8-12(11)17/h5-8H,4,9,18H2,1-3H3. The second-order valence-corrected chi connectivity index (χ2v) is 6.44. The number of benzene rings is 1. The molecule has 0 saturated carbocycles. The van der Waals surface area contributed by atoms with Gasteiger partial charge in [0.25, 0.3) is 0 Å². The zero-order valence-corrected chi connectivity index (χ0v) is 14.3. The largest absolute Gasteiger partial charge is 0.321 e. The van der Waals surface area contributed by atoms with Crippen molar-refractivity contribution < 1.29 is 0 Å². The molecule has 20 heavy (non-hydrogen) atoms. The third-order valence-corrected chi connectivity index (χ3v) is 4.84. The molecule has 0 amide bonds. The second kappa shape index (κ2) is 5.88. The highest BCUT2D eigenvalue weighted by molar-refractivity contribution is 9.10. The Bertz CT molecular complexity index is 620. The van der Waals surface area contributed by atoms with E-state index in [2.05, 4.69) is 28.0 Å². The third kappa shape index (κ3) is 2.92. The van der Waals surface area contributed by atoms with Gasteiger partial charge in [0, 0.05) is 23.5 Å². The minimum atomic E-state index is -0.541. The summed E-state index contributed by atoms with van der Waals surface area (Å²) in [4.78, 5) is 0. The lowest BCUT2D eigenvalue weighted by molar-refractivity contribution is 0.463. The van der Waals surface area contributed by atoms with Crippen molar-refractivity contribution in [2.45, 2.75) is 39.3 Å². The number of nitrogens with two attached hydrogens (primary N) is 1. The van der Waals surface area contributed by atoms with Crippen molar-refractivity contribution in [1.29, 1.82) is 0 Å². The van der Waals surface area contributed by atoms with E-state index in [1.807, 2.05) is 42.8 Å². The van der Waals surface area contributed by atoms with Gasteiger partial charge in [-0.1, -0.05) is 29.8 Å². The minimum Gasteiger partial charge on any atom is -0.321 e. The van der Waals surface area contributed by atoms with Gasteiger partial charge in [-0.15, -0.1) is 0 Å². The van der Waals surface area contributed by atoms with Gasteiger partial charge in [0.15, 0.2) is 0 Å². The Kier molecular flexibility index (Phi) is 4.57. The van der Waals surface area contributed by atoms with E-state index in [1.54, 1.807) is 0 Å². The van der Waals surface area contributed by atoms with Crippen LogP contribution in [0.15, 0.2) is 28.7 Å². The molecule has 0 saturated heterocycles. The second-order valence-electron chi connectivity index (χ2n) is 5.24. The summed E-state index contributed by atoms with van der Waals surface area (Å²) >= 11 is 9.89. The van der Waals surface area contributed by atoms with Gasteiger partial charge in [-0.3, -0.25) is 4.68 Å². The Morgan fingerprint density at radius 3 is 2.65 bits per heavy atom. The maximum atomic E-state index is 6.53. The zero-order valence-electron chi connectivity index (χ0n) is 12.0. The molecule has 0 fully saturated rings. The van der Waals surface area contributed by atoms with Crippen LogP contribution in [0.25, 0.3) is 0 Å². The molecule has 1 atom stereocenters. The summed E-state index contributed by atoms with van der Waals surface area (Å²) in [5, 5.41) is 5.21. The molecule has 5 heteroatoms. The lowest BCUT2D eigenvalue weighted by Gasteiger charge is -2.27. The normalized spacial score (nSPS) is 14.3. The maximum absolute atomic E-state index is 6.53. The number of hydrogen-bond donors (Lipinski definition) is 1. The summed E-state index contributed by atoms with van der Waals surface area (Å²) in [6.07, 6.45) is 0.673. The van der Waals surface area contributed by atoms with Gasteiger partial charge in [-0.25, -0.2) is 0 Å². The number of nitrogens with zero attached hydrogens (tertiary/aromatic N) is 2. The number of rotatable bonds is 4. The van der Waals surface area contributed by atoms with Crippen LogP contribution in [0.2, 0.25) is 5.02 Å². The number of aromatic nitrogens is 2. The Labute approximate surface area is 133 Å². The summed E-state index contributed by atoms with van der Waals surface area (Å²) in [5.41, 5.74) is 9.03. The van der Waals surface area contributed by atoms with Gasteiger partial charge in [-0.05, 0) is 48.3 Å². The van der Waals surface area contributed by atoms with Crippen LogP contribution in [-0.2, 0) is 18.5 Å². The molecule has 2 aromatic rings. The molecule has 2 rings (SSSR count). The fourth-order valence-electron chi connectivity index (χ4n) is 2.41. The summed E-state index contributed by atoms with van der Waals surface area (Å²) in [5.74, 6) is 0. The third-order valence-electron chi connectivity index (χ3n) is 3.48. The molecule has 1 aromatic carbocycles. The molecule has 0 aliphatic heterocycles. The summed E-state index contributed by atoms with van der Waals surface area (Å²) < 4.78 is 3.02. The fourth-order valence-corrected chi connectivity index (χ4v) is 3.18. The Morgan fingerprint density at radius 1 is 1.40 bits per heavy atom. The van der Waals surface area contributed by atoms with Crippen LogP contribution in [0.5, 0.6) is 0 Å². The number of hydrogen-bond acceptors (Lipinski definition) is 2. The first-order valence-electron chi connectivity index (χ1n) is 6.62. The molecule has 0 bridgehead atoms. The van der Waals surface area contributed by atoms with E-state index in [0.29, 0.717) is 11.4 Å². The van der Waals surface area contributed by atoms with Crippen LogP contribution in [0.1, 0.15) is 30.8 Å². The van der Waals surface area contributed by atoms with Crippen LogP contribution < -0.4 is 5.73 Å². The smallest absolute Gasteiger partial charge is 0.0738 e. The molecule has 2 N–H and O–H groups in total. The van der Waals surface area contributed by atoms with Gasteiger partial charge >= 0.3 is 0 Å². The molecule has 1 heterocycles. The molecule has 0 spiro atoms. The summed E-state index contributed by atoms with van der Waals surface area (Å²) in [6, 6.07) is 7.73. The monoisotopic (exact) mass is 355 g/mol. The van der Waals surface area contributed by atoms with E-state index in [-0.39, 0.29) is 0 Å². The van der Waals surface area contributed by atoms with Gasteiger partial charge < -0.3 is 5.73 Å². The first-order chi connectivity index (χ1) is 9.36. The topological polar surface area (TPSA) is 43.8 Å². The first-order valence-corrected chi connectivity index (χ1v) is 7.79. The van der Waals surface area contributed by atoms with Crippen LogP contribution >= 0.6 is 27.5 Å². The average Bonchev–Trinajstić information content (AvgIpc) is 2.66. The molecule has 1 aromatic heterocycles. The zero-order chi connectivity index (χ0) is 14.9. The highest BCUT2D eigenvalue weighted by atomic mass is 79.9. The number of halogens is 2. The van der Waals surface area contributed by atoms with Crippen molar-refractivity contribution >= 4 is 27.5 Å². The quantitative estimate of drug-likeness (QED) is 0.898. The molecule has 1 unspecified atom stereocenters. The van der Waals surface area contributed by atoms with E-state index < -0.39 is 5.54 Å². The van der Waals surface area contributed by atoms with Crippen LogP contribution in [0, 0.1) is 6.92 Å². The van der Waals surface area contributed by atoms with Crippen molar-refractivity contribution in [3.63, 3.8) is 0 Å². The van der Waals surface area contributed by atoms with Gasteiger partial charge in [0.05, 0.1) is 15.9 Å². The van der Waals surface area contributed by atoms with Gasteiger partial charge in [0.2, 0.25) is 0 Å². The predicted molar refractivity (Wildman–Crippen MR) is 87.0 cm³/mol. The molecule has 0 aliphatic carbocycles. The molecular weight excluding hydrogens is 338 g/mol. The Morgan fingerprint density at radius 2 is 2.05 bits per heavy atom. The predicted octanol–water partition coefficient (Wildman–Crippen LogP) is 4.04. The minimum absolute atomic E-state index is 0.541. The van der Waals surface area contributed by atoms with Crippen molar-refractivity contribution in [3.8, 4) is 0 Å². The van der Waals surface area contributed by atoms with Crippen LogP contribution in [0.4, 0.5) is 0 Å². The lowest BCUT2D eigenvalue weighted by Crippen LogP contribution is -2.36. The Balaban J connectivity index is 2.41. The van der Waals surface area contributed by atoms with Crippen molar-refractivity contribution in [3.05, 3.63) is 50.7 Å². The van der Waals surface area contributed by atoms with Gasteiger partial charge in [-0.2, -0.15) is 5.10 Å². The van der Waals surface area contributed by atoms with Crippen molar-refractivity contribution in [2.24, 2.45) is 5.73 Å². The van der Waals surface area contributed by atoms with E-state index in [9.17, 15) is 0 Å². The number of aryl methyl sites for hydroxylation is 2. The molecular formula is C15H19BrClN3. The van der Waals surface area contributed by atoms with Crippen molar-refractivity contribution in [2.75, 3.05) is 0 Å². The molecule has 0 radical (unpaired) electrons. The maximum Gasteiger partial charge on any atom is 0.0738 e. The summed E-state index contributed by atoms with van der Waals surface area (Å²) in [7, 11) is 0. The van der Waals surface area contributed by atoms with E-state index in [1.165, 1.54) is 0 Å². The van der Waals surface area contributed by atoms with E-state index >= 15 is 0 Å². The van der Waals surface area contributed by atoms with E-state index in [0.717, 1.165) is 28.0 Å². The summed E-state index contributed by atoms with van der Waals surface area (Å²) in [6.45, 7) is 6.89. The highest BCUT2D eigenvalue weighted by Gasteiger charge is 2.27. The Hall–Kier alpha value is -0.840. The van der Waals surface area contributed by atoms with Crippen molar-refractivity contribution in [1.82, 2.24) is 9.78 Å². The van der Waals surface area contributed by atoms with Crippen LogP contribution in [-0.4, -0.2) is 9.78 Å². The SMILES string of the molecule is CCn1nc(C)c(Br)c1CC(C)(N)c1ccccc1Cl. The van der Waals surface area contributed by atoms with Gasteiger partial charge in [0.1, 0.15) is 0 Å². The van der Waals surface area contributed by atoms with Crippen LogP contribution in [0.3, 0.4) is 0 Å². The fraction of sp³-hybridized carbons (Fsp3) is 0.400. The lowest BCUT2D eigenvalue weighted by atomic mass is 9.88. The molecule has 108 valence electrons. The van der Waals surface area contributed by atoms with E-state index in [4.69, 9.17) is 17.3 Å².